The summed E-state index contributed by atoms with van der Waals surface area (Å²) in [4.78, 5) is 64.2. The summed E-state index contributed by atoms with van der Waals surface area (Å²) in [5.41, 5.74) is 6.34. The first kappa shape index (κ1) is 27.9. The van der Waals surface area contributed by atoms with Crippen LogP contribution in [0.2, 0.25) is 0 Å². The molecule has 37 heavy (non-hydrogen) atoms. The quantitative estimate of drug-likeness (QED) is 0.405. The number of aliphatic hydroxyl groups excluding tert-OH is 1. The van der Waals surface area contributed by atoms with E-state index in [0.29, 0.717) is 29.5 Å². The van der Waals surface area contributed by atoms with Crippen molar-refractivity contribution in [1.82, 2.24) is 14.8 Å². The van der Waals surface area contributed by atoms with Crippen LogP contribution in [0.15, 0.2) is 24.3 Å². The highest BCUT2D eigenvalue weighted by atomic mass is 16.5. The maximum atomic E-state index is 13.7. The van der Waals surface area contributed by atoms with Crippen molar-refractivity contribution < 1.29 is 33.8 Å². The molecule has 1 aromatic heterocycles. The van der Waals surface area contributed by atoms with Crippen LogP contribution in [0.5, 0.6) is 5.75 Å². The van der Waals surface area contributed by atoms with Crippen molar-refractivity contribution in [3.05, 3.63) is 30.0 Å². The molecule has 3 rings (SSSR count). The second kappa shape index (κ2) is 11.5. The van der Waals surface area contributed by atoms with E-state index in [1.54, 1.807) is 28.8 Å². The highest BCUT2D eigenvalue weighted by molar-refractivity contribution is 6.01. The van der Waals surface area contributed by atoms with Crippen LogP contribution in [0.25, 0.3) is 10.9 Å². The van der Waals surface area contributed by atoms with Gasteiger partial charge in [0.2, 0.25) is 17.7 Å². The van der Waals surface area contributed by atoms with Crippen molar-refractivity contribution in [2.24, 2.45) is 17.6 Å². The molecule has 11 heteroatoms. The number of nitrogens with zero attached hydrogens (tertiary/aromatic N) is 2. The fourth-order valence-corrected chi connectivity index (χ4v) is 4.91. The first-order valence-electron chi connectivity index (χ1n) is 12.2. The number of carbonyl (C=O) groups is 5. The molecule has 2 aromatic rings. The van der Waals surface area contributed by atoms with E-state index in [1.807, 2.05) is 13.8 Å². The Balaban J connectivity index is 1.99. The first-order chi connectivity index (χ1) is 17.5. The third-order valence-electron chi connectivity index (χ3n) is 6.70. The average molecular weight is 515 g/mol. The summed E-state index contributed by atoms with van der Waals surface area (Å²) >= 11 is 0. The van der Waals surface area contributed by atoms with Crippen molar-refractivity contribution in [3.63, 3.8) is 0 Å². The predicted octanol–water partition coefficient (Wildman–Crippen LogP) is 1.17. The molecular formula is C26H34N4O7. The zero-order valence-corrected chi connectivity index (χ0v) is 21.5. The van der Waals surface area contributed by atoms with Gasteiger partial charge in [-0.1, -0.05) is 19.9 Å². The predicted molar refractivity (Wildman–Crippen MR) is 135 cm³/mol. The summed E-state index contributed by atoms with van der Waals surface area (Å²) in [5.74, 6) is -2.85. The molecule has 3 atom stereocenters. The van der Waals surface area contributed by atoms with Gasteiger partial charge in [0, 0.05) is 24.8 Å². The Morgan fingerprint density at radius 3 is 2.49 bits per heavy atom. The number of hydrogen-bond donors (Lipinski definition) is 3. The van der Waals surface area contributed by atoms with E-state index in [-0.39, 0.29) is 30.5 Å². The summed E-state index contributed by atoms with van der Waals surface area (Å²) < 4.78 is 6.97. The van der Waals surface area contributed by atoms with Crippen molar-refractivity contribution in [2.45, 2.75) is 52.1 Å². The van der Waals surface area contributed by atoms with Crippen LogP contribution < -0.4 is 15.8 Å². The molecule has 1 saturated heterocycles. The molecule has 2 heterocycles. The fraction of sp³-hybridized carbons (Fsp3) is 0.500. The second-order valence-electron chi connectivity index (χ2n) is 9.72. The largest absolute Gasteiger partial charge is 0.496 e. The lowest BCUT2D eigenvalue weighted by atomic mass is 9.95. The molecule has 0 bridgehead atoms. The van der Waals surface area contributed by atoms with Crippen LogP contribution in [0, 0.1) is 11.8 Å². The van der Waals surface area contributed by atoms with Gasteiger partial charge in [0.1, 0.15) is 24.1 Å². The van der Waals surface area contributed by atoms with E-state index in [1.165, 1.54) is 14.0 Å². The van der Waals surface area contributed by atoms with Gasteiger partial charge in [-0.15, -0.1) is 0 Å². The lowest BCUT2D eigenvalue weighted by Gasteiger charge is -2.26. The number of amides is 4. The minimum Gasteiger partial charge on any atom is -0.496 e. The number of ether oxygens (including phenoxy) is 1. The Labute approximate surface area is 214 Å². The van der Waals surface area contributed by atoms with Gasteiger partial charge in [0.05, 0.1) is 18.7 Å². The number of methoxy groups -OCH3 is 1. The number of hydrogen-bond acceptors (Lipinski definition) is 7. The van der Waals surface area contributed by atoms with Crippen molar-refractivity contribution in [2.75, 3.05) is 20.3 Å². The molecule has 0 unspecified atom stereocenters. The molecule has 0 spiro atoms. The normalized spacial score (nSPS) is 17.2. The fourth-order valence-electron chi connectivity index (χ4n) is 4.91. The second-order valence-corrected chi connectivity index (χ2v) is 9.72. The van der Waals surface area contributed by atoms with Gasteiger partial charge in [-0.2, -0.15) is 0 Å². The van der Waals surface area contributed by atoms with E-state index < -0.39 is 48.1 Å². The van der Waals surface area contributed by atoms with E-state index in [9.17, 15) is 29.1 Å². The molecule has 4 amide bonds. The maximum Gasteiger partial charge on any atom is 0.265 e. The lowest BCUT2D eigenvalue weighted by Crippen LogP contribution is -2.47. The zero-order valence-electron chi connectivity index (χ0n) is 21.5. The van der Waals surface area contributed by atoms with E-state index >= 15 is 0 Å². The van der Waals surface area contributed by atoms with E-state index in [0.717, 1.165) is 4.90 Å². The Kier molecular flexibility index (Phi) is 8.69. The Morgan fingerprint density at radius 1 is 1.24 bits per heavy atom. The van der Waals surface area contributed by atoms with Crippen molar-refractivity contribution in [1.29, 1.82) is 0 Å². The van der Waals surface area contributed by atoms with Crippen LogP contribution in [0.4, 0.5) is 0 Å². The number of fused-ring (bicyclic) bond motifs is 1. The van der Waals surface area contributed by atoms with Gasteiger partial charge in [0.15, 0.2) is 5.78 Å². The van der Waals surface area contributed by atoms with Gasteiger partial charge in [0.25, 0.3) is 5.91 Å². The maximum absolute atomic E-state index is 13.7. The highest BCUT2D eigenvalue weighted by Gasteiger charge is 2.38. The summed E-state index contributed by atoms with van der Waals surface area (Å²) in [6.45, 7) is 4.54. The van der Waals surface area contributed by atoms with Gasteiger partial charge in [-0.25, -0.2) is 0 Å². The Morgan fingerprint density at radius 2 is 1.95 bits per heavy atom. The molecule has 1 aliphatic heterocycles. The number of imide groups is 1. The number of Topliss-reactive ketones (excluding diaryl/α,β-unsaturated/α-hetero) is 1. The summed E-state index contributed by atoms with van der Waals surface area (Å²) in [5, 5.41) is 12.9. The van der Waals surface area contributed by atoms with E-state index in [4.69, 9.17) is 10.5 Å². The number of carbonyl (C=O) groups excluding carboxylic acids is 5. The van der Waals surface area contributed by atoms with Crippen LogP contribution in [0.3, 0.4) is 0 Å². The number of nitrogens with two attached hydrogens (primary N) is 1. The SMILES string of the molecule is COc1cccc2c1cc(C(N)=O)n2[C@@H](CC(C)C)C(=O)N[C@@H](C[C@@H]1CCN(C(C)=O)C1=O)C(=O)CO. The molecule has 11 nitrogen and oxygen atoms in total. The van der Waals surface area contributed by atoms with Gasteiger partial charge in [-0.3, -0.25) is 28.9 Å². The van der Waals surface area contributed by atoms with Gasteiger partial charge < -0.3 is 25.5 Å². The van der Waals surface area contributed by atoms with Crippen LogP contribution >= 0.6 is 0 Å². The highest BCUT2D eigenvalue weighted by Crippen LogP contribution is 2.33. The molecule has 0 radical (unpaired) electrons. The minimum absolute atomic E-state index is 0.0204. The molecule has 1 aromatic carbocycles. The lowest BCUT2D eigenvalue weighted by molar-refractivity contribution is -0.142. The topological polar surface area (TPSA) is 161 Å². The smallest absolute Gasteiger partial charge is 0.265 e. The van der Waals surface area contributed by atoms with Crippen molar-refractivity contribution >= 4 is 40.3 Å². The summed E-state index contributed by atoms with van der Waals surface area (Å²) in [6, 6.07) is 4.71. The number of primary amides is 1. The average Bonchev–Trinajstić information content (AvgIpc) is 3.42. The molecular weight excluding hydrogens is 480 g/mol. The monoisotopic (exact) mass is 514 g/mol. The first-order valence-corrected chi connectivity index (χ1v) is 12.2. The summed E-state index contributed by atoms with van der Waals surface area (Å²) in [6.07, 6.45) is 0.617. The number of benzene rings is 1. The number of likely N-dealkylation sites (tertiary alicyclic amines) is 1. The number of ketones is 1. The third kappa shape index (κ3) is 5.82. The standard InChI is InChI=1S/C26H34N4O7/c1-14(2)10-21(30-19-6-5-7-23(37-4)17(19)12-20(30)24(27)34)25(35)28-18(22(33)13-31)11-16-8-9-29(15(3)32)26(16)36/h5-7,12,14,16,18,21,31H,8-11,13H2,1-4H3,(H2,27,34)(H,28,35)/t16-,18-,21-/m0/s1. The van der Waals surface area contributed by atoms with Crippen LogP contribution in [0.1, 0.15) is 56.6 Å². The van der Waals surface area contributed by atoms with Gasteiger partial charge in [-0.05, 0) is 43.4 Å². The van der Waals surface area contributed by atoms with E-state index in [2.05, 4.69) is 5.32 Å². The zero-order chi connectivity index (χ0) is 27.4. The molecule has 0 saturated carbocycles. The van der Waals surface area contributed by atoms with Crippen LogP contribution in [-0.4, -0.2) is 70.3 Å². The Hall–Kier alpha value is -3.73. The molecule has 4 N–H and O–H groups in total. The number of aliphatic hydroxyl groups is 1. The molecule has 1 aliphatic rings. The Bertz CT molecular complexity index is 1220. The van der Waals surface area contributed by atoms with Crippen LogP contribution in [-0.2, 0) is 19.2 Å². The van der Waals surface area contributed by atoms with Crippen molar-refractivity contribution in [3.8, 4) is 5.75 Å². The number of nitrogens with one attached hydrogen (secondary N) is 1. The van der Waals surface area contributed by atoms with Gasteiger partial charge >= 0.3 is 0 Å². The number of aromatic nitrogens is 1. The molecule has 200 valence electrons. The molecule has 0 aliphatic carbocycles. The number of rotatable bonds is 11. The minimum atomic E-state index is -1.15. The molecule has 1 fully saturated rings. The summed E-state index contributed by atoms with van der Waals surface area (Å²) in [7, 11) is 1.50. The third-order valence-corrected chi connectivity index (χ3v) is 6.70.